The first-order valence-corrected chi connectivity index (χ1v) is 6.29. The molecule has 0 unspecified atom stereocenters. The summed E-state index contributed by atoms with van der Waals surface area (Å²) in [6.45, 7) is 2.67. The molecule has 0 aliphatic heterocycles. The Morgan fingerprint density at radius 3 is 3.00 bits per heavy atom. The second-order valence-corrected chi connectivity index (χ2v) is 4.75. The van der Waals surface area contributed by atoms with E-state index in [1.807, 2.05) is 25.1 Å². The molecule has 0 atom stereocenters. The van der Waals surface area contributed by atoms with E-state index < -0.39 is 0 Å². The number of halogens is 1. The fourth-order valence-corrected chi connectivity index (χ4v) is 1.94. The highest BCUT2D eigenvalue weighted by molar-refractivity contribution is 9.10. The van der Waals surface area contributed by atoms with Crippen LogP contribution in [-0.2, 0) is 6.42 Å². The van der Waals surface area contributed by atoms with Gasteiger partial charge in [-0.2, -0.15) is 4.98 Å². The Morgan fingerprint density at radius 2 is 2.24 bits per heavy atom. The molecular weight excluding hydrogens is 282 g/mol. The van der Waals surface area contributed by atoms with Crippen molar-refractivity contribution < 1.29 is 4.52 Å². The molecule has 2 N–H and O–H groups in total. The fourth-order valence-electron chi connectivity index (χ4n) is 1.53. The Balaban J connectivity index is 2.27. The summed E-state index contributed by atoms with van der Waals surface area (Å²) in [7, 11) is 0. The molecule has 0 fully saturated rings. The van der Waals surface area contributed by atoms with Crippen molar-refractivity contribution in [2.75, 3.05) is 6.54 Å². The first-order chi connectivity index (χ1) is 8.20. The molecule has 0 aliphatic rings. The molecule has 17 heavy (non-hydrogen) atoms. The normalized spacial score (nSPS) is 10.8. The highest BCUT2D eigenvalue weighted by Crippen LogP contribution is 2.27. The van der Waals surface area contributed by atoms with Gasteiger partial charge in [-0.3, -0.25) is 0 Å². The van der Waals surface area contributed by atoms with Crippen molar-refractivity contribution in [2.45, 2.75) is 19.8 Å². The summed E-state index contributed by atoms with van der Waals surface area (Å²) in [5, 5.41) is 3.94. The molecule has 0 bridgehead atoms. The van der Waals surface area contributed by atoms with E-state index in [0.29, 0.717) is 18.3 Å². The van der Waals surface area contributed by atoms with Gasteiger partial charge in [-0.1, -0.05) is 16.8 Å². The van der Waals surface area contributed by atoms with Crippen molar-refractivity contribution in [1.82, 2.24) is 10.1 Å². The summed E-state index contributed by atoms with van der Waals surface area (Å²) in [4.78, 5) is 4.36. The molecule has 1 aromatic heterocycles. The van der Waals surface area contributed by atoms with Crippen LogP contribution in [0.15, 0.2) is 27.2 Å². The van der Waals surface area contributed by atoms with Crippen molar-refractivity contribution in [1.29, 1.82) is 0 Å². The number of hydrogen-bond donors (Lipinski definition) is 1. The van der Waals surface area contributed by atoms with Gasteiger partial charge in [0.25, 0.3) is 5.89 Å². The van der Waals surface area contributed by atoms with Gasteiger partial charge in [0, 0.05) is 10.9 Å². The molecule has 5 heteroatoms. The topological polar surface area (TPSA) is 64.9 Å². The molecular formula is C12H14BrN3O. The minimum absolute atomic E-state index is 0.549. The lowest BCUT2D eigenvalue weighted by Gasteiger charge is -1.99. The standard InChI is InChI=1S/C12H14BrN3O/c1-8-4-5-10(13)9(7-8)12-15-11(16-17-12)3-2-6-14/h4-5,7H,2-3,6,14H2,1H3. The fraction of sp³-hybridized carbons (Fsp3) is 0.333. The molecule has 0 spiro atoms. The van der Waals surface area contributed by atoms with Crippen LogP contribution in [0.5, 0.6) is 0 Å². The van der Waals surface area contributed by atoms with Crippen LogP contribution in [0, 0.1) is 6.92 Å². The van der Waals surface area contributed by atoms with E-state index in [-0.39, 0.29) is 0 Å². The predicted octanol–water partition coefficient (Wildman–Crippen LogP) is 2.70. The minimum atomic E-state index is 0.549. The van der Waals surface area contributed by atoms with Gasteiger partial charge in [-0.25, -0.2) is 0 Å². The number of rotatable bonds is 4. The third-order valence-corrected chi connectivity index (χ3v) is 3.12. The Bertz CT molecular complexity index is 510. The molecule has 0 radical (unpaired) electrons. The summed E-state index contributed by atoms with van der Waals surface area (Å²) in [5.41, 5.74) is 7.53. The third kappa shape index (κ3) is 2.92. The Hall–Kier alpha value is -1.20. The molecule has 0 saturated carbocycles. The second kappa shape index (κ2) is 5.42. The van der Waals surface area contributed by atoms with Crippen LogP contribution in [0.1, 0.15) is 17.8 Å². The SMILES string of the molecule is Cc1ccc(Br)c(-c2nc(CCCN)no2)c1. The zero-order valence-electron chi connectivity index (χ0n) is 9.61. The number of aromatic nitrogens is 2. The van der Waals surface area contributed by atoms with Crippen LogP contribution in [0.4, 0.5) is 0 Å². The quantitative estimate of drug-likeness (QED) is 0.942. The van der Waals surface area contributed by atoms with Crippen molar-refractivity contribution in [3.8, 4) is 11.5 Å². The summed E-state index contributed by atoms with van der Waals surface area (Å²) < 4.78 is 6.21. The minimum Gasteiger partial charge on any atom is -0.334 e. The van der Waals surface area contributed by atoms with Gasteiger partial charge >= 0.3 is 0 Å². The average molecular weight is 296 g/mol. The van der Waals surface area contributed by atoms with Crippen molar-refractivity contribution in [2.24, 2.45) is 5.73 Å². The number of benzene rings is 1. The number of nitrogens with two attached hydrogens (primary N) is 1. The smallest absolute Gasteiger partial charge is 0.259 e. The highest BCUT2D eigenvalue weighted by atomic mass is 79.9. The van der Waals surface area contributed by atoms with Crippen molar-refractivity contribution in [3.63, 3.8) is 0 Å². The third-order valence-electron chi connectivity index (χ3n) is 2.42. The summed E-state index contributed by atoms with van der Waals surface area (Å²) in [6.07, 6.45) is 1.62. The molecule has 2 rings (SSSR count). The first kappa shape index (κ1) is 12.3. The Morgan fingerprint density at radius 1 is 1.41 bits per heavy atom. The maximum atomic E-state index is 5.44. The Kier molecular flexibility index (Phi) is 3.91. The number of aryl methyl sites for hydroxylation is 2. The van der Waals surface area contributed by atoms with E-state index in [0.717, 1.165) is 28.4 Å². The van der Waals surface area contributed by atoms with Crippen LogP contribution in [0.2, 0.25) is 0 Å². The van der Waals surface area contributed by atoms with Crippen LogP contribution < -0.4 is 5.73 Å². The number of hydrogen-bond acceptors (Lipinski definition) is 4. The van der Waals surface area contributed by atoms with Crippen LogP contribution in [0.25, 0.3) is 11.5 Å². The molecule has 4 nitrogen and oxygen atoms in total. The van der Waals surface area contributed by atoms with Gasteiger partial charge < -0.3 is 10.3 Å². The van der Waals surface area contributed by atoms with E-state index in [2.05, 4.69) is 26.1 Å². The van der Waals surface area contributed by atoms with E-state index >= 15 is 0 Å². The van der Waals surface area contributed by atoms with Crippen LogP contribution in [-0.4, -0.2) is 16.7 Å². The van der Waals surface area contributed by atoms with Gasteiger partial charge in [-0.15, -0.1) is 0 Å². The van der Waals surface area contributed by atoms with E-state index in [1.165, 1.54) is 0 Å². The van der Waals surface area contributed by atoms with Gasteiger partial charge in [0.15, 0.2) is 5.82 Å². The van der Waals surface area contributed by atoms with Gasteiger partial charge in [0.1, 0.15) is 0 Å². The van der Waals surface area contributed by atoms with Crippen LogP contribution in [0.3, 0.4) is 0 Å². The highest BCUT2D eigenvalue weighted by Gasteiger charge is 2.11. The zero-order chi connectivity index (χ0) is 12.3. The average Bonchev–Trinajstić information content (AvgIpc) is 2.78. The largest absolute Gasteiger partial charge is 0.334 e. The monoisotopic (exact) mass is 295 g/mol. The molecule has 0 aliphatic carbocycles. The van der Waals surface area contributed by atoms with Gasteiger partial charge in [-0.05, 0) is 48.0 Å². The Labute approximate surface area is 108 Å². The molecule has 1 aromatic carbocycles. The summed E-state index contributed by atoms with van der Waals surface area (Å²) in [5.74, 6) is 1.26. The lowest BCUT2D eigenvalue weighted by Crippen LogP contribution is -2.01. The van der Waals surface area contributed by atoms with E-state index in [4.69, 9.17) is 10.3 Å². The van der Waals surface area contributed by atoms with Gasteiger partial charge in [0.2, 0.25) is 0 Å². The van der Waals surface area contributed by atoms with Crippen molar-refractivity contribution in [3.05, 3.63) is 34.1 Å². The molecule has 0 amide bonds. The lowest BCUT2D eigenvalue weighted by molar-refractivity contribution is 0.421. The van der Waals surface area contributed by atoms with E-state index in [9.17, 15) is 0 Å². The summed E-state index contributed by atoms with van der Waals surface area (Å²) >= 11 is 3.48. The first-order valence-electron chi connectivity index (χ1n) is 5.50. The van der Waals surface area contributed by atoms with E-state index in [1.54, 1.807) is 0 Å². The van der Waals surface area contributed by atoms with Crippen LogP contribution >= 0.6 is 15.9 Å². The molecule has 2 aromatic rings. The zero-order valence-corrected chi connectivity index (χ0v) is 11.2. The maximum Gasteiger partial charge on any atom is 0.259 e. The molecule has 0 saturated heterocycles. The molecule has 90 valence electrons. The van der Waals surface area contributed by atoms with Gasteiger partial charge in [0.05, 0.1) is 5.56 Å². The van der Waals surface area contributed by atoms with Crippen molar-refractivity contribution >= 4 is 15.9 Å². The summed E-state index contributed by atoms with van der Waals surface area (Å²) in [6, 6.07) is 6.03. The predicted molar refractivity (Wildman–Crippen MR) is 69.5 cm³/mol. The molecule has 1 heterocycles. The second-order valence-electron chi connectivity index (χ2n) is 3.89. The lowest BCUT2D eigenvalue weighted by atomic mass is 10.1. The number of nitrogens with zero attached hydrogens (tertiary/aromatic N) is 2. The maximum absolute atomic E-state index is 5.44.